The fourth-order valence-corrected chi connectivity index (χ4v) is 6.40. The number of hydrogen-bond donors (Lipinski definition) is 2. The van der Waals surface area contributed by atoms with E-state index in [9.17, 15) is 14.3 Å². The van der Waals surface area contributed by atoms with Gasteiger partial charge in [-0.1, -0.05) is 140 Å². The van der Waals surface area contributed by atoms with Crippen molar-refractivity contribution in [1.82, 2.24) is 0 Å². The largest absolute Gasteiger partial charge is 0.498 e. The van der Waals surface area contributed by atoms with Crippen molar-refractivity contribution in [3.05, 3.63) is 48.8 Å². The Balaban J connectivity index is 4.13. The minimum Gasteiger partial charge on any atom is -0.498 e. The van der Waals surface area contributed by atoms with Gasteiger partial charge in [0.15, 0.2) is 6.10 Å². The number of esters is 1. The molecule has 0 radical (unpaired) electrons. The molecule has 1 unspecified atom stereocenters. The summed E-state index contributed by atoms with van der Waals surface area (Å²) in [6.45, 7) is 4.19. The fraction of sp³-hybridized carbons (Fsp3) is 0.791. The summed E-state index contributed by atoms with van der Waals surface area (Å²) in [6.07, 6.45) is 47.9. The van der Waals surface area contributed by atoms with Crippen LogP contribution in [-0.2, 0) is 27.9 Å². The van der Waals surface area contributed by atoms with Gasteiger partial charge >= 0.3 is 13.8 Å². The highest BCUT2D eigenvalue weighted by atomic mass is 31.2. The van der Waals surface area contributed by atoms with Crippen LogP contribution in [0, 0.1) is 0 Å². The van der Waals surface area contributed by atoms with Crippen LogP contribution in [0.15, 0.2) is 48.8 Å². The van der Waals surface area contributed by atoms with Gasteiger partial charge in [0.05, 0.1) is 19.5 Å². The third-order valence-corrected chi connectivity index (χ3v) is 9.77. The van der Waals surface area contributed by atoms with Crippen LogP contribution in [0.5, 0.6) is 0 Å². The summed E-state index contributed by atoms with van der Waals surface area (Å²) in [7, 11) is -4.30. The Labute approximate surface area is 320 Å². The second-order valence-corrected chi connectivity index (χ2v) is 15.4. The third kappa shape index (κ3) is 39.5. The van der Waals surface area contributed by atoms with Crippen molar-refractivity contribution in [2.75, 3.05) is 26.4 Å². The molecule has 52 heavy (non-hydrogen) atoms. The van der Waals surface area contributed by atoms with E-state index < -0.39 is 13.9 Å². The quantitative estimate of drug-likeness (QED) is 0.0209. The number of phosphoric acid groups is 1. The predicted molar refractivity (Wildman–Crippen MR) is 219 cm³/mol. The summed E-state index contributed by atoms with van der Waals surface area (Å²) in [5.74, 6) is -0.364. The lowest BCUT2D eigenvalue weighted by Crippen LogP contribution is -2.27. The molecule has 0 aliphatic rings. The molecule has 0 aromatic rings. The molecule has 0 bridgehead atoms. The van der Waals surface area contributed by atoms with Gasteiger partial charge in [0.2, 0.25) is 0 Å². The van der Waals surface area contributed by atoms with Gasteiger partial charge in [-0.2, -0.15) is 0 Å². The van der Waals surface area contributed by atoms with Crippen LogP contribution < -0.4 is 5.73 Å². The lowest BCUT2D eigenvalue weighted by atomic mass is 10.1. The summed E-state index contributed by atoms with van der Waals surface area (Å²) >= 11 is 0. The van der Waals surface area contributed by atoms with Crippen LogP contribution in [0.1, 0.15) is 187 Å². The number of phosphoric ester groups is 1. The topological polar surface area (TPSA) is 117 Å². The summed E-state index contributed by atoms with van der Waals surface area (Å²) in [4.78, 5) is 22.4. The Morgan fingerprint density at radius 3 is 1.58 bits per heavy atom. The molecule has 0 spiro atoms. The number of carbonyl (C=O) groups excluding carboxylic acids is 1. The molecule has 0 fully saturated rings. The van der Waals surface area contributed by atoms with E-state index in [1.54, 1.807) is 6.26 Å². The minimum atomic E-state index is -4.30. The molecule has 0 rings (SSSR count). The summed E-state index contributed by atoms with van der Waals surface area (Å²) < 4.78 is 33.1. The highest BCUT2D eigenvalue weighted by Crippen LogP contribution is 2.43. The number of rotatable bonds is 40. The zero-order chi connectivity index (χ0) is 38.1. The first-order chi connectivity index (χ1) is 25.4. The maximum absolute atomic E-state index is 12.6. The molecule has 0 amide bonds. The summed E-state index contributed by atoms with van der Waals surface area (Å²) in [6, 6.07) is 0. The predicted octanol–water partition coefficient (Wildman–Crippen LogP) is 12.8. The second kappa shape index (κ2) is 40.5. The zero-order valence-corrected chi connectivity index (χ0v) is 34.4. The Hall–Kier alpha value is -1.70. The van der Waals surface area contributed by atoms with Crippen molar-refractivity contribution in [2.24, 2.45) is 5.73 Å². The monoisotopic (exact) mass is 754 g/mol. The SMILES string of the molecule is CCCCCC=CCC=CCCCCCCCCCC(=O)O[C@H](COC=CCCCCCCC=CCCCCCCCC)COP(=O)(O)OCCN. The van der Waals surface area contributed by atoms with Crippen LogP contribution >= 0.6 is 7.82 Å². The lowest BCUT2D eigenvalue weighted by Gasteiger charge is -2.19. The van der Waals surface area contributed by atoms with E-state index in [4.69, 9.17) is 24.3 Å². The van der Waals surface area contributed by atoms with E-state index in [0.29, 0.717) is 6.42 Å². The molecule has 9 heteroatoms. The van der Waals surface area contributed by atoms with Crippen molar-refractivity contribution >= 4 is 13.8 Å². The average molecular weight is 754 g/mol. The van der Waals surface area contributed by atoms with E-state index in [1.807, 2.05) is 6.08 Å². The maximum Gasteiger partial charge on any atom is 0.472 e. The van der Waals surface area contributed by atoms with Crippen LogP contribution in [0.25, 0.3) is 0 Å². The lowest BCUT2D eigenvalue weighted by molar-refractivity contribution is -0.153. The molecule has 0 aliphatic heterocycles. The molecule has 0 heterocycles. The van der Waals surface area contributed by atoms with E-state index in [0.717, 1.165) is 51.4 Å². The number of ether oxygens (including phenoxy) is 2. The third-order valence-electron chi connectivity index (χ3n) is 8.78. The Kier molecular flexibility index (Phi) is 39.2. The number of hydrogen-bond acceptors (Lipinski definition) is 7. The van der Waals surface area contributed by atoms with Gasteiger partial charge in [0, 0.05) is 13.0 Å². The van der Waals surface area contributed by atoms with Crippen molar-refractivity contribution in [3.63, 3.8) is 0 Å². The first kappa shape index (κ1) is 50.3. The van der Waals surface area contributed by atoms with E-state index in [2.05, 4.69) is 50.3 Å². The van der Waals surface area contributed by atoms with Gasteiger partial charge in [0.25, 0.3) is 0 Å². The first-order valence-corrected chi connectivity index (χ1v) is 22.7. The highest BCUT2D eigenvalue weighted by Gasteiger charge is 2.25. The van der Waals surface area contributed by atoms with Gasteiger partial charge in [-0.05, 0) is 83.1 Å². The van der Waals surface area contributed by atoms with E-state index in [-0.39, 0.29) is 32.3 Å². The standard InChI is InChI=1S/C43H80NO7P/c1-3-5-7-9-11-13-15-17-19-21-22-24-26-28-30-32-34-36-43(45)51-42(41-50-52(46,47)49-39-37-44)40-48-38-35-33-31-29-27-25-23-20-18-16-14-12-10-8-6-4-2/h11,13,17-20,35,38,42H,3-10,12,14-16,21-34,36-37,39-41,44H2,1-2H3,(H,46,47)/t42-/m1/s1. The van der Waals surface area contributed by atoms with Crippen molar-refractivity contribution in [1.29, 1.82) is 0 Å². The van der Waals surface area contributed by atoms with Crippen molar-refractivity contribution in [2.45, 2.75) is 193 Å². The minimum absolute atomic E-state index is 0.0230. The average Bonchev–Trinajstić information content (AvgIpc) is 3.13. The summed E-state index contributed by atoms with van der Waals surface area (Å²) in [5, 5.41) is 0. The molecular weight excluding hydrogens is 673 g/mol. The van der Waals surface area contributed by atoms with Gasteiger partial charge in [-0.15, -0.1) is 0 Å². The molecule has 0 saturated carbocycles. The zero-order valence-electron chi connectivity index (χ0n) is 33.5. The Morgan fingerprint density at radius 1 is 0.596 bits per heavy atom. The molecular formula is C43H80NO7P. The number of allylic oxidation sites excluding steroid dienone is 7. The second-order valence-electron chi connectivity index (χ2n) is 13.9. The number of carbonyl (C=O) groups is 1. The van der Waals surface area contributed by atoms with E-state index in [1.165, 1.54) is 116 Å². The van der Waals surface area contributed by atoms with Crippen molar-refractivity contribution < 1.29 is 32.8 Å². The van der Waals surface area contributed by atoms with Gasteiger partial charge in [0.1, 0.15) is 6.61 Å². The molecule has 2 atom stereocenters. The molecule has 0 aromatic heterocycles. The highest BCUT2D eigenvalue weighted by molar-refractivity contribution is 7.47. The smallest absolute Gasteiger partial charge is 0.472 e. The fourth-order valence-electron chi connectivity index (χ4n) is 5.63. The van der Waals surface area contributed by atoms with Crippen LogP contribution in [0.2, 0.25) is 0 Å². The molecule has 3 N–H and O–H groups in total. The van der Waals surface area contributed by atoms with Crippen molar-refractivity contribution in [3.8, 4) is 0 Å². The van der Waals surface area contributed by atoms with Crippen LogP contribution in [0.3, 0.4) is 0 Å². The molecule has 0 aromatic carbocycles. The normalized spacial score (nSPS) is 13.9. The van der Waals surface area contributed by atoms with Crippen LogP contribution in [-0.4, -0.2) is 43.3 Å². The van der Waals surface area contributed by atoms with E-state index >= 15 is 0 Å². The van der Waals surface area contributed by atoms with Gasteiger partial charge in [-0.25, -0.2) is 4.57 Å². The Morgan fingerprint density at radius 2 is 1.04 bits per heavy atom. The molecule has 8 nitrogen and oxygen atoms in total. The maximum atomic E-state index is 12.6. The van der Waals surface area contributed by atoms with Gasteiger partial charge < -0.3 is 20.1 Å². The molecule has 0 aliphatic carbocycles. The van der Waals surface area contributed by atoms with Crippen LogP contribution in [0.4, 0.5) is 0 Å². The molecule has 0 saturated heterocycles. The summed E-state index contributed by atoms with van der Waals surface area (Å²) in [5.41, 5.74) is 5.36. The number of nitrogens with two attached hydrogens (primary N) is 1. The number of unbranched alkanes of at least 4 members (excludes halogenated alkanes) is 21. The molecule has 304 valence electrons. The first-order valence-electron chi connectivity index (χ1n) is 21.2. The van der Waals surface area contributed by atoms with Gasteiger partial charge in [-0.3, -0.25) is 13.8 Å². The Bertz CT molecular complexity index is 936.